The molecule has 2 heterocycles. The smallest absolute Gasteiger partial charge is 0.190 e. The lowest BCUT2D eigenvalue weighted by atomic mass is 9.87. The van der Waals surface area contributed by atoms with Crippen molar-refractivity contribution in [3.63, 3.8) is 0 Å². The first kappa shape index (κ1) is 22.6. The highest BCUT2D eigenvalue weighted by molar-refractivity contribution is 5.39. The summed E-state index contributed by atoms with van der Waals surface area (Å²) in [6, 6.07) is 16.1. The largest absolute Gasteiger partial charge is 0.497 e. The van der Waals surface area contributed by atoms with Crippen molar-refractivity contribution in [2.24, 2.45) is 5.92 Å². The molecular formula is C26H33NO5. The van der Waals surface area contributed by atoms with Crippen molar-refractivity contribution in [3.8, 4) is 17.2 Å². The maximum absolute atomic E-state index is 6.33. The standard InChI is InChI=1S/C18H23NO3.C8H10O2/c1-19-10-8-13-7-9-18(11-16(13)19)21-12-17(22-18)14-3-5-15(20-2)6-4-14;1-9-7-5-3-4-6-8(7)10-2/h3-7,9,13,16-17H,8,10-12H2,1-2H3;3-6H,1-2H3. The van der Waals surface area contributed by atoms with Gasteiger partial charge in [0.1, 0.15) is 11.9 Å². The van der Waals surface area contributed by atoms with Crippen molar-refractivity contribution in [3.05, 3.63) is 66.2 Å². The summed E-state index contributed by atoms with van der Waals surface area (Å²) in [6.45, 7) is 1.77. The van der Waals surface area contributed by atoms with Crippen molar-refractivity contribution in [2.75, 3.05) is 41.5 Å². The fourth-order valence-electron chi connectivity index (χ4n) is 4.69. The Labute approximate surface area is 190 Å². The Kier molecular flexibility index (Phi) is 7.04. The summed E-state index contributed by atoms with van der Waals surface area (Å²) in [4.78, 5) is 2.43. The Bertz CT molecular complexity index is 892. The minimum absolute atomic E-state index is 0.00110. The van der Waals surface area contributed by atoms with E-state index in [1.165, 1.54) is 6.42 Å². The van der Waals surface area contributed by atoms with Gasteiger partial charge in [0.15, 0.2) is 17.3 Å². The topological polar surface area (TPSA) is 49.4 Å². The van der Waals surface area contributed by atoms with Gasteiger partial charge in [0.05, 0.1) is 27.9 Å². The van der Waals surface area contributed by atoms with Crippen molar-refractivity contribution < 1.29 is 23.7 Å². The molecule has 0 saturated carbocycles. The summed E-state index contributed by atoms with van der Waals surface area (Å²) in [7, 11) is 7.13. The zero-order valence-electron chi connectivity index (χ0n) is 19.3. The van der Waals surface area contributed by atoms with Crippen molar-refractivity contribution in [1.29, 1.82) is 0 Å². The van der Waals surface area contributed by atoms with Crippen LogP contribution in [0.3, 0.4) is 0 Å². The summed E-state index contributed by atoms with van der Waals surface area (Å²) in [5.74, 6) is 2.52. The van der Waals surface area contributed by atoms with Gasteiger partial charge in [-0.25, -0.2) is 0 Å². The van der Waals surface area contributed by atoms with Crippen LogP contribution >= 0.6 is 0 Å². The van der Waals surface area contributed by atoms with Gasteiger partial charge in [0.2, 0.25) is 0 Å². The molecule has 0 bridgehead atoms. The molecule has 2 saturated heterocycles. The molecule has 0 amide bonds. The Morgan fingerprint density at radius 1 is 0.938 bits per heavy atom. The first-order valence-electron chi connectivity index (χ1n) is 11.1. The lowest BCUT2D eigenvalue weighted by molar-refractivity contribution is -0.148. The number of hydrogen-bond donors (Lipinski definition) is 0. The molecule has 4 unspecified atom stereocenters. The number of fused-ring (bicyclic) bond motifs is 1. The molecule has 2 aromatic rings. The molecule has 0 radical (unpaired) electrons. The Hall–Kier alpha value is -2.54. The quantitative estimate of drug-likeness (QED) is 0.656. The molecule has 3 aliphatic rings. The molecule has 0 N–H and O–H groups in total. The van der Waals surface area contributed by atoms with E-state index in [0.717, 1.165) is 35.8 Å². The van der Waals surface area contributed by atoms with Crippen LogP contribution in [0.2, 0.25) is 0 Å². The maximum atomic E-state index is 6.33. The molecule has 2 aromatic carbocycles. The number of ether oxygens (including phenoxy) is 5. The molecule has 2 aliphatic heterocycles. The van der Waals surface area contributed by atoms with Gasteiger partial charge < -0.3 is 28.6 Å². The van der Waals surface area contributed by atoms with E-state index in [1.54, 1.807) is 21.3 Å². The van der Waals surface area contributed by atoms with E-state index in [4.69, 9.17) is 23.7 Å². The fourth-order valence-corrected chi connectivity index (χ4v) is 4.69. The normalized spacial score (nSPS) is 28.7. The summed E-state index contributed by atoms with van der Waals surface area (Å²) in [5.41, 5.74) is 1.15. The molecular weight excluding hydrogens is 406 g/mol. The Morgan fingerprint density at radius 2 is 1.62 bits per heavy atom. The molecule has 0 aromatic heterocycles. The third-order valence-electron chi connectivity index (χ3n) is 6.56. The van der Waals surface area contributed by atoms with Crippen molar-refractivity contribution in [2.45, 2.75) is 30.8 Å². The minimum atomic E-state index is -0.537. The second kappa shape index (κ2) is 9.94. The molecule has 6 heteroatoms. The number of methoxy groups -OCH3 is 3. The highest BCUT2D eigenvalue weighted by Gasteiger charge is 2.47. The lowest BCUT2D eigenvalue weighted by Gasteiger charge is -2.36. The molecule has 1 spiro atoms. The number of nitrogens with zero attached hydrogens (tertiary/aromatic N) is 1. The molecule has 172 valence electrons. The Balaban J connectivity index is 0.000000207. The Morgan fingerprint density at radius 3 is 2.25 bits per heavy atom. The highest BCUT2D eigenvalue weighted by Crippen LogP contribution is 2.44. The van der Waals surface area contributed by atoms with E-state index < -0.39 is 5.79 Å². The van der Waals surface area contributed by atoms with E-state index in [-0.39, 0.29) is 6.10 Å². The van der Waals surface area contributed by atoms with E-state index in [1.807, 2.05) is 36.4 Å². The second-order valence-corrected chi connectivity index (χ2v) is 8.42. The SMILES string of the molecule is COc1ccc(C2COC3(C=CC4CCN(C)C4C3)O2)cc1.COc1ccccc1OC. The molecule has 5 rings (SSSR count). The van der Waals surface area contributed by atoms with Gasteiger partial charge in [0, 0.05) is 12.5 Å². The summed E-state index contributed by atoms with van der Waals surface area (Å²) in [5, 5.41) is 0. The van der Waals surface area contributed by atoms with Gasteiger partial charge in [-0.1, -0.05) is 30.3 Å². The lowest BCUT2D eigenvalue weighted by Crippen LogP contribution is -2.42. The third-order valence-corrected chi connectivity index (χ3v) is 6.56. The monoisotopic (exact) mass is 439 g/mol. The highest BCUT2D eigenvalue weighted by atomic mass is 16.7. The molecule has 6 nitrogen and oxygen atoms in total. The van der Waals surface area contributed by atoms with E-state index in [9.17, 15) is 0 Å². The fraction of sp³-hybridized carbons (Fsp3) is 0.462. The van der Waals surface area contributed by atoms with Crippen LogP contribution in [0.1, 0.15) is 24.5 Å². The zero-order chi connectivity index (χ0) is 22.6. The van der Waals surface area contributed by atoms with Gasteiger partial charge in [0.25, 0.3) is 0 Å². The number of para-hydroxylation sites is 2. The van der Waals surface area contributed by atoms with E-state index in [2.05, 4.69) is 36.2 Å². The van der Waals surface area contributed by atoms with Crippen LogP contribution in [0.4, 0.5) is 0 Å². The molecule has 2 fully saturated rings. The number of hydrogen-bond acceptors (Lipinski definition) is 6. The first-order valence-corrected chi connectivity index (χ1v) is 11.1. The maximum Gasteiger partial charge on any atom is 0.190 e. The van der Waals surface area contributed by atoms with Crippen LogP contribution < -0.4 is 14.2 Å². The average Bonchev–Trinajstić information content (AvgIpc) is 3.43. The molecule has 32 heavy (non-hydrogen) atoms. The second-order valence-electron chi connectivity index (χ2n) is 8.42. The van der Waals surface area contributed by atoms with Crippen LogP contribution in [0, 0.1) is 5.92 Å². The first-order chi connectivity index (χ1) is 15.6. The summed E-state index contributed by atoms with van der Waals surface area (Å²) in [6.07, 6.45) is 6.62. The van der Waals surface area contributed by atoms with Crippen LogP contribution in [-0.2, 0) is 9.47 Å². The van der Waals surface area contributed by atoms with Crippen LogP contribution in [0.5, 0.6) is 17.2 Å². The molecule has 1 aliphatic carbocycles. The van der Waals surface area contributed by atoms with Crippen molar-refractivity contribution >= 4 is 0 Å². The number of rotatable bonds is 4. The number of benzene rings is 2. The third kappa shape index (κ3) is 4.77. The van der Waals surface area contributed by atoms with E-state index >= 15 is 0 Å². The summed E-state index contributed by atoms with van der Waals surface area (Å²) < 4.78 is 27.7. The zero-order valence-corrected chi connectivity index (χ0v) is 19.3. The average molecular weight is 440 g/mol. The summed E-state index contributed by atoms with van der Waals surface area (Å²) >= 11 is 0. The predicted octanol–water partition coefficient (Wildman–Crippen LogP) is 4.46. The van der Waals surface area contributed by atoms with Gasteiger partial charge >= 0.3 is 0 Å². The van der Waals surface area contributed by atoms with Crippen LogP contribution in [0.15, 0.2) is 60.7 Å². The van der Waals surface area contributed by atoms with Gasteiger partial charge in [-0.05, 0) is 61.8 Å². The predicted molar refractivity (Wildman–Crippen MR) is 123 cm³/mol. The molecule has 4 atom stereocenters. The van der Waals surface area contributed by atoms with Crippen molar-refractivity contribution in [1.82, 2.24) is 4.90 Å². The van der Waals surface area contributed by atoms with Gasteiger partial charge in [-0.2, -0.15) is 0 Å². The van der Waals surface area contributed by atoms with Gasteiger partial charge in [-0.15, -0.1) is 0 Å². The van der Waals surface area contributed by atoms with Crippen LogP contribution in [-0.4, -0.2) is 58.3 Å². The number of likely N-dealkylation sites (tertiary alicyclic amines) is 1. The van der Waals surface area contributed by atoms with Gasteiger partial charge in [-0.3, -0.25) is 0 Å². The van der Waals surface area contributed by atoms with Crippen LogP contribution in [0.25, 0.3) is 0 Å². The minimum Gasteiger partial charge on any atom is -0.497 e. The van der Waals surface area contributed by atoms with E-state index in [0.29, 0.717) is 18.6 Å².